The molecule has 2 nitrogen and oxygen atoms in total. The fourth-order valence-electron chi connectivity index (χ4n) is 3.68. The van der Waals surface area contributed by atoms with Gasteiger partial charge in [0, 0.05) is 6.42 Å². The molecule has 3 unspecified atom stereocenters. The average Bonchev–Trinajstić information content (AvgIpc) is 2.80. The number of unbranched alkanes of at least 4 members (excludes halogenated alkanes) is 7. The molecule has 3 atom stereocenters. The Morgan fingerprint density at radius 1 is 0.950 bits per heavy atom. The summed E-state index contributed by atoms with van der Waals surface area (Å²) in [4.78, 5) is 0. The van der Waals surface area contributed by atoms with Crippen LogP contribution in [0.25, 0.3) is 0 Å². The minimum Gasteiger partial charge on any atom is -0.393 e. The quantitative estimate of drug-likeness (QED) is 0.528. The second-order valence-corrected chi connectivity index (χ2v) is 6.53. The molecular weight excluding hydrogens is 246 g/mol. The summed E-state index contributed by atoms with van der Waals surface area (Å²) in [5.41, 5.74) is 0. The van der Waals surface area contributed by atoms with Crippen LogP contribution in [0, 0.1) is 23.2 Å². The Morgan fingerprint density at radius 2 is 1.65 bits per heavy atom. The molecule has 1 saturated carbocycles. The standard InChI is InChI=1S/C18H33NO/c1-2-3-4-8-11-16-13-14-18(20)17(16)12-9-6-5-7-10-15-19/h16-18,20H,2-14H2,1H3. The molecule has 1 N–H and O–H groups in total. The minimum atomic E-state index is -0.0368. The Morgan fingerprint density at radius 3 is 2.40 bits per heavy atom. The summed E-state index contributed by atoms with van der Waals surface area (Å²) in [6, 6.07) is 2.21. The summed E-state index contributed by atoms with van der Waals surface area (Å²) in [7, 11) is 0. The van der Waals surface area contributed by atoms with Gasteiger partial charge in [-0.25, -0.2) is 0 Å². The van der Waals surface area contributed by atoms with Gasteiger partial charge in [0.05, 0.1) is 12.2 Å². The molecule has 1 fully saturated rings. The predicted molar refractivity (Wildman–Crippen MR) is 84.3 cm³/mol. The topological polar surface area (TPSA) is 44.0 Å². The van der Waals surface area contributed by atoms with Crippen molar-refractivity contribution in [2.75, 3.05) is 0 Å². The SMILES string of the molecule is CCCCCCC1CCC(O)C1CCCCCCC#N. The Kier molecular flexibility index (Phi) is 9.75. The highest BCUT2D eigenvalue weighted by molar-refractivity contribution is 4.84. The molecule has 1 aliphatic rings. The highest BCUT2D eigenvalue weighted by Crippen LogP contribution is 2.38. The molecule has 0 aliphatic heterocycles. The lowest BCUT2D eigenvalue weighted by Crippen LogP contribution is -2.19. The monoisotopic (exact) mass is 279 g/mol. The Bertz CT molecular complexity index is 271. The predicted octanol–water partition coefficient (Wildman–Crippen LogP) is 5.21. The molecule has 20 heavy (non-hydrogen) atoms. The largest absolute Gasteiger partial charge is 0.393 e. The van der Waals surface area contributed by atoms with E-state index in [1.165, 1.54) is 64.2 Å². The Labute approximate surface area is 125 Å². The number of hydrogen-bond donors (Lipinski definition) is 1. The van der Waals surface area contributed by atoms with Crippen molar-refractivity contribution in [2.45, 2.75) is 96.5 Å². The van der Waals surface area contributed by atoms with Crippen LogP contribution in [0.2, 0.25) is 0 Å². The fraction of sp³-hybridized carbons (Fsp3) is 0.944. The maximum absolute atomic E-state index is 10.2. The first kappa shape index (κ1) is 17.5. The summed E-state index contributed by atoms with van der Waals surface area (Å²) in [6.07, 6.45) is 15.5. The van der Waals surface area contributed by atoms with Crippen molar-refractivity contribution in [1.29, 1.82) is 5.26 Å². The van der Waals surface area contributed by atoms with Gasteiger partial charge >= 0.3 is 0 Å². The summed E-state index contributed by atoms with van der Waals surface area (Å²) in [5, 5.41) is 18.7. The average molecular weight is 279 g/mol. The lowest BCUT2D eigenvalue weighted by Gasteiger charge is -2.22. The van der Waals surface area contributed by atoms with Crippen molar-refractivity contribution in [3.63, 3.8) is 0 Å². The summed E-state index contributed by atoms with van der Waals surface area (Å²) in [5.74, 6) is 1.34. The Hall–Kier alpha value is -0.550. The van der Waals surface area contributed by atoms with Gasteiger partial charge in [-0.05, 0) is 37.5 Å². The third kappa shape index (κ3) is 6.75. The van der Waals surface area contributed by atoms with Crippen LogP contribution in [0.5, 0.6) is 0 Å². The van der Waals surface area contributed by atoms with Gasteiger partial charge in [0.1, 0.15) is 0 Å². The number of nitriles is 1. The van der Waals surface area contributed by atoms with Gasteiger partial charge in [-0.1, -0.05) is 58.3 Å². The lowest BCUT2D eigenvalue weighted by atomic mass is 9.86. The van der Waals surface area contributed by atoms with E-state index in [9.17, 15) is 5.11 Å². The highest BCUT2D eigenvalue weighted by Gasteiger charge is 2.33. The normalized spacial score (nSPS) is 25.8. The van der Waals surface area contributed by atoms with E-state index in [2.05, 4.69) is 13.0 Å². The number of nitrogens with zero attached hydrogens (tertiary/aromatic N) is 1. The van der Waals surface area contributed by atoms with Crippen LogP contribution in [0.15, 0.2) is 0 Å². The molecule has 0 aromatic carbocycles. The number of aliphatic hydroxyl groups excluding tert-OH is 1. The van der Waals surface area contributed by atoms with E-state index in [-0.39, 0.29) is 6.10 Å². The van der Waals surface area contributed by atoms with Crippen molar-refractivity contribution in [2.24, 2.45) is 11.8 Å². The van der Waals surface area contributed by atoms with E-state index in [1.807, 2.05) is 0 Å². The van der Waals surface area contributed by atoms with Crippen molar-refractivity contribution in [3.05, 3.63) is 0 Å². The van der Waals surface area contributed by atoms with Gasteiger partial charge in [0.2, 0.25) is 0 Å². The maximum Gasteiger partial charge on any atom is 0.0621 e. The number of aliphatic hydroxyl groups is 1. The second-order valence-electron chi connectivity index (χ2n) is 6.53. The molecule has 0 heterocycles. The van der Waals surface area contributed by atoms with Gasteiger partial charge in [0.15, 0.2) is 0 Å². The van der Waals surface area contributed by atoms with Crippen LogP contribution in [-0.2, 0) is 0 Å². The molecule has 0 aromatic rings. The van der Waals surface area contributed by atoms with Crippen LogP contribution in [-0.4, -0.2) is 11.2 Å². The van der Waals surface area contributed by atoms with E-state index in [4.69, 9.17) is 5.26 Å². The maximum atomic E-state index is 10.2. The first-order valence-electron chi connectivity index (χ1n) is 8.84. The van der Waals surface area contributed by atoms with E-state index in [1.54, 1.807) is 0 Å². The molecule has 0 aromatic heterocycles. The first-order chi connectivity index (χ1) is 9.79. The van der Waals surface area contributed by atoms with Crippen molar-refractivity contribution < 1.29 is 5.11 Å². The zero-order chi connectivity index (χ0) is 14.6. The lowest BCUT2D eigenvalue weighted by molar-refractivity contribution is 0.107. The molecule has 1 rings (SSSR count). The zero-order valence-electron chi connectivity index (χ0n) is 13.3. The molecular formula is C18H33NO. The molecule has 0 radical (unpaired) electrons. The molecule has 0 amide bonds. The van der Waals surface area contributed by atoms with Crippen molar-refractivity contribution >= 4 is 0 Å². The minimum absolute atomic E-state index is 0.0368. The first-order valence-corrected chi connectivity index (χ1v) is 8.84. The van der Waals surface area contributed by atoms with Gasteiger partial charge in [0.25, 0.3) is 0 Å². The van der Waals surface area contributed by atoms with Gasteiger partial charge < -0.3 is 5.11 Å². The third-order valence-corrected chi connectivity index (χ3v) is 4.94. The molecule has 2 heteroatoms. The molecule has 0 saturated heterocycles. The third-order valence-electron chi connectivity index (χ3n) is 4.94. The molecule has 1 aliphatic carbocycles. The van der Waals surface area contributed by atoms with Crippen LogP contribution >= 0.6 is 0 Å². The molecule has 116 valence electrons. The van der Waals surface area contributed by atoms with Crippen molar-refractivity contribution in [1.82, 2.24) is 0 Å². The van der Waals surface area contributed by atoms with Gasteiger partial charge in [-0.15, -0.1) is 0 Å². The zero-order valence-corrected chi connectivity index (χ0v) is 13.3. The van der Waals surface area contributed by atoms with Crippen LogP contribution in [0.4, 0.5) is 0 Å². The summed E-state index contributed by atoms with van der Waals surface area (Å²) >= 11 is 0. The van der Waals surface area contributed by atoms with Crippen LogP contribution in [0.1, 0.15) is 90.4 Å². The summed E-state index contributed by atoms with van der Waals surface area (Å²) in [6.45, 7) is 2.26. The van der Waals surface area contributed by atoms with Crippen LogP contribution < -0.4 is 0 Å². The molecule has 0 bridgehead atoms. The van der Waals surface area contributed by atoms with Gasteiger partial charge in [-0.2, -0.15) is 5.26 Å². The van der Waals surface area contributed by atoms with E-state index in [0.717, 1.165) is 18.8 Å². The van der Waals surface area contributed by atoms with E-state index >= 15 is 0 Å². The summed E-state index contributed by atoms with van der Waals surface area (Å²) < 4.78 is 0. The number of hydrogen-bond acceptors (Lipinski definition) is 2. The highest BCUT2D eigenvalue weighted by atomic mass is 16.3. The fourth-order valence-corrected chi connectivity index (χ4v) is 3.68. The Balaban J connectivity index is 2.14. The number of rotatable bonds is 11. The van der Waals surface area contributed by atoms with Crippen molar-refractivity contribution in [3.8, 4) is 6.07 Å². The van der Waals surface area contributed by atoms with Gasteiger partial charge in [-0.3, -0.25) is 0 Å². The molecule has 0 spiro atoms. The van der Waals surface area contributed by atoms with E-state index in [0.29, 0.717) is 12.3 Å². The van der Waals surface area contributed by atoms with Crippen LogP contribution in [0.3, 0.4) is 0 Å². The second kappa shape index (κ2) is 11.1. The van der Waals surface area contributed by atoms with E-state index < -0.39 is 0 Å². The smallest absolute Gasteiger partial charge is 0.0621 e.